The average molecular weight is 443 g/mol. The fraction of sp³-hybridized carbons (Fsp3) is 0.421. The summed E-state index contributed by atoms with van der Waals surface area (Å²) in [6.45, 7) is 5.62. The van der Waals surface area contributed by atoms with Gasteiger partial charge >= 0.3 is 6.18 Å². The van der Waals surface area contributed by atoms with Gasteiger partial charge in [0.1, 0.15) is 0 Å². The van der Waals surface area contributed by atoms with Crippen LogP contribution in [0.15, 0.2) is 35.9 Å². The van der Waals surface area contributed by atoms with E-state index in [0.29, 0.717) is 23.6 Å². The van der Waals surface area contributed by atoms with Crippen LogP contribution in [-0.4, -0.2) is 38.2 Å². The standard InChI is InChI=1S/C19H22F4N6O.H3N/c1-10(2)29-7-5-15(27-29)26-14-8-11(3)28(9-13(14)24)18(30)12-4-6-25-17(16(12)20)19(21,22)23;/h4-7,10-11H,8-9,24H2,1-3H3,(H,26,27);1H3/t11-;/m0./s1. The van der Waals surface area contributed by atoms with Crippen LogP contribution in [0.2, 0.25) is 0 Å². The van der Waals surface area contributed by atoms with Crippen LogP contribution < -0.4 is 17.2 Å². The van der Waals surface area contributed by atoms with E-state index in [-0.39, 0.29) is 18.7 Å². The largest absolute Gasteiger partial charge is 0.436 e. The number of aromatic nitrogens is 3. The zero-order valence-electron chi connectivity index (χ0n) is 17.4. The Bertz CT molecular complexity index is 984. The van der Waals surface area contributed by atoms with E-state index in [1.165, 1.54) is 4.90 Å². The Hall–Kier alpha value is -3.15. The highest BCUT2D eigenvalue weighted by Crippen LogP contribution is 2.32. The number of rotatable bonds is 4. The van der Waals surface area contributed by atoms with Crippen molar-refractivity contribution in [1.82, 2.24) is 25.8 Å². The monoisotopic (exact) mass is 443 g/mol. The number of nitrogens with one attached hydrogen (secondary N) is 1. The molecule has 2 aromatic heterocycles. The van der Waals surface area contributed by atoms with Crippen molar-refractivity contribution in [3.8, 4) is 0 Å². The van der Waals surface area contributed by atoms with Crippen molar-refractivity contribution in [3.63, 3.8) is 0 Å². The van der Waals surface area contributed by atoms with Gasteiger partial charge in [-0.1, -0.05) is 0 Å². The van der Waals surface area contributed by atoms with Gasteiger partial charge in [-0.15, -0.1) is 0 Å². The molecule has 2 aromatic rings. The molecular formula is C19H25F4N7O. The van der Waals surface area contributed by atoms with Gasteiger partial charge in [0.2, 0.25) is 0 Å². The zero-order chi connectivity index (χ0) is 22.2. The van der Waals surface area contributed by atoms with E-state index >= 15 is 0 Å². The zero-order valence-corrected chi connectivity index (χ0v) is 17.4. The highest BCUT2D eigenvalue weighted by Gasteiger charge is 2.39. The number of halogens is 4. The molecular weight excluding hydrogens is 418 g/mol. The van der Waals surface area contributed by atoms with Crippen molar-refractivity contribution in [2.24, 2.45) is 5.73 Å². The molecule has 1 atom stereocenters. The normalized spacial score (nSPS) is 17.0. The van der Waals surface area contributed by atoms with E-state index in [1.54, 1.807) is 17.7 Å². The first-order valence-corrected chi connectivity index (χ1v) is 9.31. The SMILES string of the molecule is CC(C)n1ccc(NC2=C(N)CN(C(=O)c3ccnc(C(F)(F)F)c3F)[C@@H](C)C2)n1.N. The minimum atomic E-state index is -5.00. The molecule has 0 aliphatic carbocycles. The van der Waals surface area contributed by atoms with Crippen molar-refractivity contribution >= 4 is 11.7 Å². The first-order valence-electron chi connectivity index (χ1n) is 9.31. The first-order chi connectivity index (χ1) is 14.0. The molecule has 3 heterocycles. The predicted molar refractivity (Wildman–Crippen MR) is 107 cm³/mol. The van der Waals surface area contributed by atoms with Crippen LogP contribution in [0.25, 0.3) is 0 Å². The molecule has 0 saturated heterocycles. The van der Waals surface area contributed by atoms with Crippen LogP contribution in [0.5, 0.6) is 0 Å². The number of hydrogen-bond acceptors (Lipinski definition) is 6. The summed E-state index contributed by atoms with van der Waals surface area (Å²) in [6, 6.07) is 2.47. The number of carbonyl (C=O) groups is 1. The highest BCUT2D eigenvalue weighted by molar-refractivity contribution is 5.95. The molecule has 3 rings (SSSR count). The lowest BCUT2D eigenvalue weighted by atomic mass is 10.0. The van der Waals surface area contributed by atoms with E-state index in [9.17, 15) is 22.4 Å². The van der Waals surface area contributed by atoms with Crippen LogP contribution in [0.3, 0.4) is 0 Å². The Labute approximate surface area is 176 Å². The van der Waals surface area contributed by atoms with Gasteiger partial charge in [-0.05, 0) is 26.8 Å². The quantitative estimate of drug-likeness (QED) is 0.619. The lowest BCUT2D eigenvalue weighted by Crippen LogP contribution is -2.46. The van der Waals surface area contributed by atoms with Gasteiger partial charge in [-0.2, -0.15) is 18.3 Å². The van der Waals surface area contributed by atoms with Crippen LogP contribution in [0.4, 0.5) is 23.4 Å². The number of amides is 1. The minimum absolute atomic E-state index is 0. The third kappa shape index (κ3) is 4.95. The lowest BCUT2D eigenvalue weighted by molar-refractivity contribution is -0.143. The van der Waals surface area contributed by atoms with Crippen molar-refractivity contribution in [2.75, 3.05) is 11.9 Å². The molecule has 0 spiro atoms. The molecule has 0 fully saturated rings. The van der Waals surface area contributed by atoms with Crippen molar-refractivity contribution in [2.45, 2.75) is 45.5 Å². The van der Waals surface area contributed by atoms with Crippen molar-refractivity contribution in [3.05, 3.63) is 53.0 Å². The van der Waals surface area contributed by atoms with Gasteiger partial charge in [-0.3, -0.25) is 9.48 Å². The Kier molecular flexibility index (Phi) is 6.94. The van der Waals surface area contributed by atoms with E-state index < -0.39 is 35.2 Å². The second-order valence-electron chi connectivity index (χ2n) is 7.41. The van der Waals surface area contributed by atoms with Gasteiger partial charge in [0, 0.05) is 48.4 Å². The Morgan fingerprint density at radius 2 is 2.00 bits per heavy atom. The summed E-state index contributed by atoms with van der Waals surface area (Å²) in [6.07, 6.45) is -2.10. The van der Waals surface area contributed by atoms with E-state index in [4.69, 9.17) is 5.73 Å². The maximum absolute atomic E-state index is 14.3. The number of alkyl halides is 3. The average Bonchev–Trinajstić information content (AvgIpc) is 3.12. The van der Waals surface area contributed by atoms with Crippen LogP contribution in [-0.2, 0) is 6.18 Å². The molecule has 0 saturated carbocycles. The number of anilines is 1. The van der Waals surface area contributed by atoms with Crippen LogP contribution >= 0.6 is 0 Å². The second-order valence-corrected chi connectivity index (χ2v) is 7.41. The number of hydrogen-bond donors (Lipinski definition) is 3. The van der Waals surface area contributed by atoms with Crippen molar-refractivity contribution < 1.29 is 22.4 Å². The topological polar surface area (TPSA) is 124 Å². The Morgan fingerprint density at radius 1 is 1.32 bits per heavy atom. The lowest BCUT2D eigenvalue weighted by Gasteiger charge is -2.35. The molecule has 1 aliphatic heterocycles. The van der Waals surface area contributed by atoms with Gasteiger partial charge in [-0.25, -0.2) is 9.37 Å². The summed E-state index contributed by atoms with van der Waals surface area (Å²) in [5.41, 5.74) is 4.68. The fourth-order valence-corrected chi connectivity index (χ4v) is 3.18. The van der Waals surface area contributed by atoms with E-state index in [1.807, 2.05) is 20.0 Å². The molecule has 6 N–H and O–H groups in total. The molecule has 170 valence electrons. The molecule has 0 unspecified atom stereocenters. The number of pyridine rings is 1. The van der Waals surface area contributed by atoms with E-state index in [2.05, 4.69) is 15.4 Å². The summed E-state index contributed by atoms with van der Waals surface area (Å²) < 4.78 is 54.8. The molecule has 0 radical (unpaired) electrons. The second kappa shape index (κ2) is 8.92. The molecule has 0 bridgehead atoms. The summed E-state index contributed by atoms with van der Waals surface area (Å²) in [4.78, 5) is 17.0. The minimum Gasteiger partial charge on any atom is -0.399 e. The number of nitrogens with zero attached hydrogens (tertiary/aromatic N) is 4. The smallest absolute Gasteiger partial charge is 0.399 e. The van der Waals surface area contributed by atoms with Crippen LogP contribution in [0.1, 0.15) is 49.3 Å². The number of carbonyl (C=O) groups excluding carboxylic acids is 1. The molecule has 1 aliphatic rings. The summed E-state index contributed by atoms with van der Waals surface area (Å²) in [5.74, 6) is -1.98. The molecule has 31 heavy (non-hydrogen) atoms. The van der Waals surface area contributed by atoms with Crippen molar-refractivity contribution in [1.29, 1.82) is 0 Å². The number of nitrogens with two attached hydrogens (primary N) is 1. The molecule has 12 heteroatoms. The Balaban J connectivity index is 0.00000341. The van der Waals surface area contributed by atoms with Crippen LogP contribution in [0, 0.1) is 5.82 Å². The fourth-order valence-electron chi connectivity index (χ4n) is 3.18. The summed E-state index contributed by atoms with van der Waals surface area (Å²) >= 11 is 0. The van der Waals surface area contributed by atoms with E-state index in [0.717, 1.165) is 12.3 Å². The molecule has 0 aromatic carbocycles. The first kappa shape index (κ1) is 24.1. The summed E-state index contributed by atoms with van der Waals surface area (Å²) in [7, 11) is 0. The molecule has 1 amide bonds. The van der Waals surface area contributed by atoms with Gasteiger partial charge in [0.25, 0.3) is 5.91 Å². The maximum Gasteiger partial charge on any atom is 0.436 e. The summed E-state index contributed by atoms with van der Waals surface area (Å²) in [5, 5.41) is 7.51. The predicted octanol–water partition coefficient (Wildman–Crippen LogP) is 3.70. The highest BCUT2D eigenvalue weighted by atomic mass is 19.4. The van der Waals surface area contributed by atoms with Gasteiger partial charge in [0.05, 0.1) is 12.1 Å². The molecule has 8 nitrogen and oxygen atoms in total. The van der Waals surface area contributed by atoms with Gasteiger partial charge < -0.3 is 22.1 Å². The Morgan fingerprint density at radius 3 is 2.58 bits per heavy atom. The third-order valence-corrected chi connectivity index (χ3v) is 4.83. The third-order valence-electron chi connectivity index (χ3n) is 4.83. The van der Waals surface area contributed by atoms with Gasteiger partial charge in [0.15, 0.2) is 17.3 Å². The maximum atomic E-state index is 14.3.